The lowest BCUT2D eigenvalue weighted by atomic mass is 9.90. The second kappa shape index (κ2) is 8.88. The van der Waals surface area contributed by atoms with Crippen LogP contribution in [-0.2, 0) is 11.2 Å². The van der Waals surface area contributed by atoms with Crippen molar-refractivity contribution >= 4 is 29.5 Å². The van der Waals surface area contributed by atoms with Crippen LogP contribution in [0.3, 0.4) is 0 Å². The first-order valence-electron chi connectivity index (χ1n) is 8.01. The molecule has 0 amide bonds. The first kappa shape index (κ1) is 18.5. The Labute approximate surface area is 147 Å². The van der Waals surface area contributed by atoms with Crippen molar-refractivity contribution < 1.29 is 9.90 Å². The fraction of sp³-hybridized carbons (Fsp3) is 0.588. The topological polar surface area (TPSA) is 52.6 Å². The number of phenolic OH excluding ortho intramolecular Hbond substituents is 1. The third-order valence-electron chi connectivity index (χ3n) is 4.47. The summed E-state index contributed by atoms with van der Waals surface area (Å²) in [5.74, 6) is 1.22. The van der Waals surface area contributed by atoms with Gasteiger partial charge in [-0.2, -0.15) is 0 Å². The van der Waals surface area contributed by atoms with Gasteiger partial charge in [0, 0.05) is 25.1 Å². The zero-order valence-electron chi connectivity index (χ0n) is 13.4. The Balaban J connectivity index is 0.000000268. The number of aldehydes is 1. The molecule has 2 saturated heterocycles. The molecule has 23 heavy (non-hydrogen) atoms. The molecule has 4 nitrogen and oxygen atoms in total. The van der Waals surface area contributed by atoms with Crippen molar-refractivity contribution in [1.82, 2.24) is 10.2 Å². The molecule has 0 atom stereocenters. The quantitative estimate of drug-likeness (QED) is 0.815. The van der Waals surface area contributed by atoms with Gasteiger partial charge < -0.3 is 20.1 Å². The molecule has 1 aromatic carbocycles. The van der Waals surface area contributed by atoms with Crippen LogP contribution in [0.15, 0.2) is 12.1 Å². The Morgan fingerprint density at radius 1 is 1.26 bits per heavy atom. The van der Waals surface area contributed by atoms with Gasteiger partial charge in [-0.05, 0) is 56.9 Å². The van der Waals surface area contributed by atoms with E-state index >= 15 is 0 Å². The van der Waals surface area contributed by atoms with Gasteiger partial charge in [-0.1, -0.05) is 23.2 Å². The zero-order valence-corrected chi connectivity index (χ0v) is 14.9. The van der Waals surface area contributed by atoms with Gasteiger partial charge in [0.1, 0.15) is 12.0 Å². The molecule has 0 aromatic heterocycles. The van der Waals surface area contributed by atoms with E-state index in [0.717, 1.165) is 44.4 Å². The summed E-state index contributed by atoms with van der Waals surface area (Å²) < 4.78 is 0. The van der Waals surface area contributed by atoms with Crippen LogP contribution in [0.2, 0.25) is 10.0 Å². The highest BCUT2D eigenvalue weighted by Gasteiger charge is 2.19. The number of nitrogens with zero attached hydrogens (tertiary/aromatic N) is 1. The number of carbonyl (C=O) groups excluding carboxylic acids is 1. The molecule has 3 rings (SSSR count). The largest absolute Gasteiger partial charge is 0.508 e. The van der Waals surface area contributed by atoms with E-state index in [1.54, 1.807) is 6.07 Å². The molecule has 128 valence electrons. The molecule has 0 unspecified atom stereocenters. The summed E-state index contributed by atoms with van der Waals surface area (Å²) in [4.78, 5) is 12.1. The summed E-state index contributed by atoms with van der Waals surface area (Å²) in [7, 11) is 2.15. The molecule has 0 saturated carbocycles. The van der Waals surface area contributed by atoms with Crippen molar-refractivity contribution in [3.8, 4) is 5.75 Å². The van der Waals surface area contributed by atoms with Gasteiger partial charge >= 0.3 is 0 Å². The number of hydrogen-bond acceptors (Lipinski definition) is 4. The summed E-state index contributed by atoms with van der Waals surface area (Å²) in [6.45, 7) is 4.05. The molecular formula is C17H24Cl2N2O2. The summed E-state index contributed by atoms with van der Waals surface area (Å²) in [5.41, 5.74) is 0.911. The molecule has 0 radical (unpaired) electrons. The Morgan fingerprint density at radius 2 is 1.87 bits per heavy atom. The van der Waals surface area contributed by atoms with E-state index in [0.29, 0.717) is 21.9 Å². The van der Waals surface area contributed by atoms with Gasteiger partial charge in [0.15, 0.2) is 0 Å². The predicted octanol–water partition coefficient (Wildman–Crippen LogP) is 2.99. The minimum absolute atomic E-state index is 0.262. The maximum absolute atomic E-state index is 9.84. The van der Waals surface area contributed by atoms with Gasteiger partial charge in [0.25, 0.3) is 0 Å². The molecule has 2 aliphatic rings. The van der Waals surface area contributed by atoms with E-state index in [4.69, 9.17) is 23.2 Å². The molecule has 0 spiro atoms. The van der Waals surface area contributed by atoms with E-state index in [2.05, 4.69) is 17.3 Å². The number of halogens is 2. The molecule has 2 N–H and O–H groups in total. The van der Waals surface area contributed by atoms with Crippen LogP contribution in [0, 0.1) is 11.8 Å². The third-order valence-corrected chi connectivity index (χ3v) is 5.20. The summed E-state index contributed by atoms with van der Waals surface area (Å²) >= 11 is 11.8. The second-order valence-corrected chi connectivity index (χ2v) is 7.21. The summed E-state index contributed by atoms with van der Waals surface area (Å²) in [6.07, 6.45) is 4.24. The maximum atomic E-state index is 9.84. The van der Waals surface area contributed by atoms with Gasteiger partial charge in [0.05, 0.1) is 10.0 Å². The van der Waals surface area contributed by atoms with Gasteiger partial charge in [0.2, 0.25) is 0 Å². The molecule has 1 aromatic rings. The van der Waals surface area contributed by atoms with Crippen LogP contribution in [0.25, 0.3) is 0 Å². The first-order chi connectivity index (χ1) is 11.0. The normalized spacial score (nSPS) is 19.6. The number of likely N-dealkylation sites (tertiary alicyclic amines) is 1. The van der Waals surface area contributed by atoms with Crippen molar-refractivity contribution in [3.63, 3.8) is 0 Å². The van der Waals surface area contributed by atoms with E-state index in [1.165, 1.54) is 18.9 Å². The van der Waals surface area contributed by atoms with E-state index in [-0.39, 0.29) is 5.75 Å². The fourth-order valence-corrected chi connectivity index (χ4v) is 3.07. The maximum Gasteiger partial charge on any atom is 0.125 e. The standard InChI is InChI=1S/C13H17Cl2NO.C4H7NO/c1-16-4-2-9(3-5-16)6-10-7-11(14)12(15)8-13(10)17;6-3-4-1-5-2-4/h7-9,17H,2-6H2,1H3;3-5H,1-2H2. The smallest absolute Gasteiger partial charge is 0.125 e. The van der Waals surface area contributed by atoms with Crippen molar-refractivity contribution in [2.75, 3.05) is 33.2 Å². The lowest BCUT2D eigenvalue weighted by molar-refractivity contribution is -0.112. The molecule has 2 fully saturated rings. The number of phenols is 1. The number of benzene rings is 1. The second-order valence-electron chi connectivity index (χ2n) is 6.40. The predicted molar refractivity (Wildman–Crippen MR) is 94.5 cm³/mol. The van der Waals surface area contributed by atoms with Gasteiger partial charge in [-0.15, -0.1) is 0 Å². The Hall–Kier alpha value is -0.810. The lowest BCUT2D eigenvalue weighted by Crippen LogP contribution is -2.42. The third kappa shape index (κ3) is 5.64. The summed E-state index contributed by atoms with van der Waals surface area (Å²) in [5, 5.41) is 13.8. The van der Waals surface area contributed by atoms with Crippen LogP contribution in [0.1, 0.15) is 18.4 Å². The molecule has 6 heteroatoms. The number of piperidine rings is 1. The average molecular weight is 359 g/mol. The molecule has 2 heterocycles. The van der Waals surface area contributed by atoms with Crippen molar-refractivity contribution in [2.45, 2.75) is 19.3 Å². The van der Waals surface area contributed by atoms with Crippen LogP contribution in [-0.4, -0.2) is 49.5 Å². The fourth-order valence-electron chi connectivity index (χ4n) is 2.73. The van der Waals surface area contributed by atoms with E-state index in [9.17, 15) is 9.90 Å². The van der Waals surface area contributed by atoms with Crippen molar-refractivity contribution in [3.05, 3.63) is 27.7 Å². The number of nitrogens with one attached hydrogen (secondary N) is 1. The molecule has 0 bridgehead atoms. The van der Waals surface area contributed by atoms with Gasteiger partial charge in [-0.25, -0.2) is 0 Å². The summed E-state index contributed by atoms with van der Waals surface area (Å²) in [6, 6.07) is 3.33. The minimum Gasteiger partial charge on any atom is -0.508 e. The van der Waals surface area contributed by atoms with E-state index in [1.807, 2.05) is 0 Å². The van der Waals surface area contributed by atoms with Gasteiger partial charge in [-0.3, -0.25) is 0 Å². The molecular weight excluding hydrogens is 335 g/mol. The highest BCUT2D eigenvalue weighted by atomic mass is 35.5. The molecule has 2 aliphatic heterocycles. The number of hydrogen-bond donors (Lipinski definition) is 2. The first-order valence-corrected chi connectivity index (χ1v) is 8.76. The Bertz CT molecular complexity index is 528. The minimum atomic E-state index is 0.262. The van der Waals surface area contributed by atoms with Crippen molar-refractivity contribution in [1.29, 1.82) is 0 Å². The highest BCUT2D eigenvalue weighted by Crippen LogP contribution is 2.32. The monoisotopic (exact) mass is 358 g/mol. The van der Waals surface area contributed by atoms with Crippen LogP contribution < -0.4 is 5.32 Å². The van der Waals surface area contributed by atoms with Crippen LogP contribution >= 0.6 is 23.2 Å². The SMILES string of the molecule is CN1CCC(Cc2cc(Cl)c(Cl)cc2O)CC1.O=CC1CNC1. The zero-order chi connectivity index (χ0) is 16.8. The average Bonchev–Trinajstić information content (AvgIpc) is 2.46. The van der Waals surface area contributed by atoms with Crippen LogP contribution in [0.4, 0.5) is 0 Å². The van der Waals surface area contributed by atoms with Crippen LogP contribution in [0.5, 0.6) is 5.75 Å². The lowest BCUT2D eigenvalue weighted by Gasteiger charge is -2.29. The Kier molecular flexibility index (Phi) is 7.15. The Morgan fingerprint density at radius 3 is 2.35 bits per heavy atom. The van der Waals surface area contributed by atoms with Crippen molar-refractivity contribution in [2.24, 2.45) is 11.8 Å². The van der Waals surface area contributed by atoms with E-state index < -0.39 is 0 Å². The highest BCUT2D eigenvalue weighted by molar-refractivity contribution is 6.42. The molecule has 0 aliphatic carbocycles. The number of rotatable bonds is 3. The number of aromatic hydroxyl groups is 1. The number of carbonyl (C=O) groups is 1.